The van der Waals surface area contributed by atoms with Gasteiger partial charge in [-0.05, 0) is 17.5 Å². The van der Waals surface area contributed by atoms with Gasteiger partial charge in [0.15, 0.2) is 0 Å². The number of rotatable bonds is 5. The molecule has 0 aliphatic carbocycles. The predicted octanol–water partition coefficient (Wildman–Crippen LogP) is 4.88. The monoisotopic (exact) mass is 364 g/mol. The summed E-state index contributed by atoms with van der Waals surface area (Å²) in [6, 6.07) is 8.46. The Labute approximate surface area is 144 Å². The van der Waals surface area contributed by atoms with Gasteiger partial charge in [0.1, 0.15) is 5.02 Å². The van der Waals surface area contributed by atoms with Crippen molar-refractivity contribution in [1.82, 2.24) is 4.98 Å². The number of nitro groups is 1. The van der Waals surface area contributed by atoms with E-state index in [9.17, 15) is 10.1 Å². The number of nitrogens with zero attached hydrogens (tertiary/aromatic N) is 3. The predicted molar refractivity (Wildman–Crippen MR) is 94.8 cm³/mol. The number of thiazole rings is 1. The van der Waals surface area contributed by atoms with E-state index < -0.39 is 4.92 Å². The maximum Gasteiger partial charge on any atom is 0.288 e. The van der Waals surface area contributed by atoms with Crippen LogP contribution in [-0.4, -0.2) is 16.1 Å². The van der Waals surface area contributed by atoms with Gasteiger partial charge in [0.2, 0.25) is 5.13 Å². The van der Waals surface area contributed by atoms with Crippen LogP contribution in [-0.2, 0) is 0 Å². The Kier molecular flexibility index (Phi) is 4.65. The first kappa shape index (κ1) is 15.6. The Bertz CT molecular complexity index is 862. The van der Waals surface area contributed by atoms with Crippen molar-refractivity contribution in [2.75, 3.05) is 5.43 Å². The second-order valence-electron chi connectivity index (χ2n) is 4.35. The average molecular weight is 365 g/mol. The standard InChI is InChI=1S/C14H9ClN4O2S2/c15-10-4-3-9(6-12(10)19(20)21)7-16-18-14-17-11(8-23-14)13-2-1-5-22-13/h1-8H,(H,17,18)/b16-7-. The van der Waals surface area contributed by atoms with Crippen molar-refractivity contribution < 1.29 is 4.92 Å². The van der Waals surface area contributed by atoms with Crippen LogP contribution in [0.15, 0.2) is 46.2 Å². The Morgan fingerprint density at radius 3 is 2.96 bits per heavy atom. The number of aromatic nitrogens is 1. The molecule has 0 atom stereocenters. The van der Waals surface area contributed by atoms with Crippen LogP contribution in [0.3, 0.4) is 0 Å². The van der Waals surface area contributed by atoms with E-state index in [0.717, 1.165) is 10.6 Å². The fourth-order valence-corrected chi connectivity index (χ4v) is 3.38. The van der Waals surface area contributed by atoms with Crippen molar-refractivity contribution in [2.45, 2.75) is 0 Å². The summed E-state index contributed by atoms with van der Waals surface area (Å²) in [6.07, 6.45) is 1.48. The third kappa shape index (κ3) is 3.73. The number of hydrogen-bond donors (Lipinski definition) is 1. The van der Waals surface area contributed by atoms with Crippen molar-refractivity contribution in [2.24, 2.45) is 5.10 Å². The summed E-state index contributed by atoms with van der Waals surface area (Å²) in [5.41, 5.74) is 4.14. The van der Waals surface area contributed by atoms with Gasteiger partial charge in [-0.15, -0.1) is 22.7 Å². The second kappa shape index (κ2) is 6.86. The minimum atomic E-state index is -0.527. The van der Waals surface area contributed by atoms with E-state index >= 15 is 0 Å². The van der Waals surface area contributed by atoms with Crippen LogP contribution in [0.5, 0.6) is 0 Å². The Morgan fingerprint density at radius 1 is 1.35 bits per heavy atom. The fourth-order valence-electron chi connectivity index (χ4n) is 1.77. The smallest absolute Gasteiger partial charge is 0.258 e. The lowest BCUT2D eigenvalue weighted by molar-refractivity contribution is -0.384. The molecule has 0 saturated heterocycles. The molecule has 0 spiro atoms. The molecular formula is C14H9ClN4O2S2. The number of hydrazone groups is 1. The Hall–Kier alpha value is -2.29. The quantitative estimate of drug-likeness (QED) is 0.397. The average Bonchev–Trinajstić information content (AvgIpc) is 3.19. The molecule has 2 heterocycles. The van der Waals surface area contributed by atoms with Crippen molar-refractivity contribution in [3.63, 3.8) is 0 Å². The zero-order valence-corrected chi connectivity index (χ0v) is 13.9. The normalized spacial score (nSPS) is 11.0. The van der Waals surface area contributed by atoms with Crippen molar-refractivity contribution in [1.29, 1.82) is 0 Å². The number of halogens is 1. The molecule has 2 aromatic heterocycles. The van der Waals surface area contributed by atoms with Gasteiger partial charge in [0.05, 0.1) is 21.7 Å². The topological polar surface area (TPSA) is 80.4 Å². The highest BCUT2D eigenvalue weighted by molar-refractivity contribution is 7.15. The van der Waals surface area contributed by atoms with E-state index in [2.05, 4.69) is 15.5 Å². The van der Waals surface area contributed by atoms with Crippen molar-refractivity contribution >= 4 is 51.3 Å². The zero-order chi connectivity index (χ0) is 16.2. The molecule has 1 N–H and O–H groups in total. The molecule has 116 valence electrons. The molecule has 3 aromatic rings. The minimum absolute atomic E-state index is 0.0978. The first-order valence-corrected chi connectivity index (χ1v) is 8.49. The summed E-state index contributed by atoms with van der Waals surface area (Å²) in [6.45, 7) is 0. The molecule has 0 saturated carbocycles. The van der Waals surface area contributed by atoms with Gasteiger partial charge in [0, 0.05) is 17.0 Å². The summed E-state index contributed by atoms with van der Waals surface area (Å²) in [5, 5.41) is 19.6. The summed E-state index contributed by atoms with van der Waals surface area (Å²) >= 11 is 8.82. The van der Waals surface area contributed by atoms with E-state index in [0.29, 0.717) is 10.7 Å². The molecule has 0 aliphatic heterocycles. The number of nitro benzene ring substituents is 1. The summed E-state index contributed by atoms with van der Waals surface area (Å²) < 4.78 is 0. The third-order valence-electron chi connectivity index (χ3n) is 2.82. The molecule has 0 aliphatic rings. The molecule has 1 aromatic carbocycles. The fraction of sp³-hybridized carbons (Fsp3) is 0. The van der Waals surface area contributed by atoms with Crippen molar-refractivity contribution in [3.05, 3.63) is 61.8 Å². The van der Waals surface area contributed by atoms with Gasteiger partial charge in [-0.25, -0.2) is 4.98 Å². The molecule has 3 rings (SSSR count). The first-order valence-electron chi connectivity index (χ1n) is 6.36. The number of thiophene rings is 1. The lowest BCUT2D eigenvalue weighted by atomic mass is 10.2. The summed E-state index contributed by atoms with van der Waals surface area (Å²) in [4.78, 5) is 15.8. The van der Waals surface area contributed by atoms with E-state index in [1.165, 1.54) is 29.7 Å². The molecule has 9 heteroatoms. The maximum atomic E-state index is 10.8. The van der Waals surface area contributed by atoms with E-state index in [1.807, 2.05) is 22.9 Å². The molecule has 0 bridgehead atoms. The van der Waals surface area contributed by atoms with E-state index in [4.69, 9.17) is 11.6 Å². The van der Waals surface area contributed by atoms with Gasteiger partial charge in [0.25, 0.3) is 5.69 Å². The number of hydrogen-bond acceptors (Lipinski definition) is 7. The van der Waals surface area contributed by atoms with Crippen LogP contribution in [0, 0.1) is 10.1 Å². The molecule has 6 nitrogen and oxygen atoms in total. The van der Waals surface area contributed by atoms with E-state index in [1.54, 1.807) is 17.4 Å². The Morgan fingerprint density at radius 2 is 2.22 bits per heavy atom. The molecule has 0 unspecified atom stereocenters. The van der Waals surface area contributed by atoms with Gasteiger partial charge in [-0.1, -0.05) is 23.7 Å². The number of benzene rings is 1. The Balaban J connectivity index is 1.70. The summed E-state index contributed by atoms with van der Waals surface area (Å²) in [5.74, 6) is 0. The van der Waals surface area contributed by atoms with E-state index in [-0.39, 0.29) is 10.7 Å². The van der Waals surface area contributed by atoms with Crippen LogP contribution in [0.4, 0.5) is 10.8 Å². The van der Waals surface area contributed by atoms with Crippen LogP contribution >= 0.6 is 34.3 Å². The van der Waals surface area contributed by atoms with Gasteiger partial charge in [-0.2, -0.15) is 5.10 Å². The van der Waals surface area contributed by atoms with Crippen molar-refractivity contribution in [3.8, 4) is 10.6 Å². The highest BCUT2D eigenvalue weighted by atomic mass is 35.5. The van der Waals surface area contributed by atoms with Crippen LogP contribution in [0.25, 0.3) is 10.6 Å². The maximum absolute atomic E-state index is 10.8. The van der Waals surface area contributed by atoms with Crippen LogP contribution < -0.4 is 5.43 Å². The lowest BCUT2D eigenvalue weighted by Gasteiger charge is -1.97. The number of nitrogens with one attached hydrogen (secondary N) is 1. The lowest BCUT2D eigenvalue weighted by Crippen LogP contribution is -1.93. The molecule has 23 heavy (non-hydrogen) atoms. The first-order chi connectivity index (χ1) is 11.1. The molecule has 0 radical (unpaired) electrons. The second-order valence-corrected chi connectivity index (χ2v) is 6.57. The highest BCUT2D eigenvalue weighted by Crippen LogP contribution is 2.28. The van der Waals surface area contributed by atoms with Crippen LogP contribution in [0.2, 0.25) is 5.02 Å². The highest BCUT2D eigenvalue weighted by Gasteiger charge is 2.11. The summed E-state index contributed by atoms with van der Waals surface area (Å²) in [7, 11) is 0. The number of anilines is 1. The SMILES string of the molecule is O=[N+]([O-])c1cc(/C=N\Nc2nc(-c3cccs3)cs2)ccc1Cl. The third-order valence-corrected chi connectivity index (χ3v) is 4.78. The molecular weight excluding hydrogens is 356 g/mol. The zero-order valence-electron chi connectivity index (χ0n) is 11.5. The molecule has 0 fully saturated rings. The largest absolute Gasteiger partial charge is 0.288 e. The van der Waals surface area contributed by atoms with Gasteiger partial charge in [-0.3, -0.25) is 15.5 Å². The molecule has 0 amide bonds. The van der Waals surface area contributed by atoms with Crippen LogP contribution in [0.1, 0.15) is 5.56 Å². The van der Waals surface area contributed by atoms with Gasteiger partial charge >= 0.3 is 0 Å². The van der Waals surface area contributed by atoms with Gasteiger partial charge < -0.3 is 0 Å². The minimum Gasteiger partial charge on any atom is -0.258 e.